The monoisotopic (exact) mass is 311 g/mol. The van der Waals surface area contributed by atoms with Gasteiger partial charge in [-0.05, 0) is 39.0 Å². The number of rotatable bonds is 5. The number of hydrogen-bond acceptors (Lipinski definition) is 3. The van der Waals surface area contributed by atoms with Crippen molar-refractivity contribution in [1.82, 2.24) is 13.9 Å². The molecule has 1 saturated carbocycles. The Labute approximate surface area is 127 Å². The Morgan fingerprint density at radius 1 is 1.33 bits per heavy atom. The largest absolute Gasteiger partial charge is 0.328 e. The van der Waals surface area contributed by atoms with E-state index in [0.717, 1.165) is 18.5 Å². The molecule has 0 N–H and O–H groups in total. The molecule has 0 unspecified atom stereocenters. The normalized spacial score (nSPS) is 24.4. The molecule has 3 rings (SSSR count). The van der Waals surface area contributed by atoms with E-state index in [9.17, 15) is 8.42 Å². The summed E-state index contributed by atoms with van der Waals surface area (Å²) in [7, 11) is -3.09. The van der Waals surface area contributed by atoms with Gasteiger partial charge in [0, 0.05) is 36.9 Å². The topological polar surface area (TPSA) is 55.2 Å². The molecule has 0 bridgehead atoms. The molecular formula is C15H25N3O2S. The molecule has 0 spiro atoms. The third-order valence-electron chi connectivity index (χ3n) is 4.53. The van der Waals surface area contributed by atoms with Crippen molar-refractivity contribution >= 4 is 10.0 Å². The van der Waals surface area contributed by atoms with Gasteiger partial charge in [-0.1, -0.05) is 6.92 Å². The van der Waals surface area contributed by atoms with Crippen LogP contribution in [-0.4, -0.2) is 41.1 Å². The summed E-state index contributed by atoms with van der Waals surface area (Å²) in [5, 5.41) is 0. The highest BCUT2D eigenvalue weighted by molar-refractivity contribution is 7.89. The fourth-order valence-electron chi connectivity index (χ4n) is 3.35. The van der Waals surface area contributed by atoms with E-state index < -0.39 is 10.0 Å². The van der Waals surface area contributed by atoms with Crippen molar-refractivity contribution in [3.63, 3.8) is 0 Å². The van der Waals surface area contributed by atoms with Gasteiger partial charge in [-0.3, -0.25) is 0 Å². The SMILES string of the molecule is CCCS(=O)(=O)N1CCC[C@H](n2c(C)cnc2C2CC2)C1. The summed E-state index contributed by atoms with van der Waals surface area (Å²) in [6.45, 7) is 5.28. The fourth-order valence-corrected chi connectivity index (χ4v) is 4.94. The molecule has 1 saturated heterocycles. The molecule has 0 aromatic carbocycles. The molecule has 1 aromatic rings. The minimum Gasteiger partial charge on any atom is -0.328 e. The molecule has 6 heteroatoms. The van der Waals surface area contributed by atoms with Crippen LogP contribution >= 0.6 is 0 Å². The van der Waals surface area contributed by atoms with Crippen LogP contribution in [-0.2, 0) is 10.0 Å². The molecule has 0 radical (unpaired) electrons. The minimum atomic E-state index is -3.09. The number of imidazole rings is 1. The van der Waals surface area contributed by atoms with Crippen molar-refractivity contribution in [3.05, 3.63) is 17.7 Å². The van der Waals surface area contributed by atoms with Crippen molar-refractivity contribution in [2.45, 2.75) is 57.9 Å². The van der Waals surface area contributed by atoms with E-state index in [0.29, 0.717) is 25.4 Å². The van der Waals surface area contributed by atoms with Crippen LogP contribution in [0.4, 0.5) is 0 Å². The van der Waals surface area contributed by atoms with Crippen LogP contribution in [0.1, 0.15) is 62.5 Å². The molecule has 1 aliphatic carbocycles. The Bertz CT molecular complexity index is 604. The third kappa shape index (κ3) is 3.01. The van der Waals surface area contributed by atoms with Gasteiger partial charge in [-0.2, -0.15) is 4.31 Å². The second kappa shape index (κ2) is 5.72. The quantitative estimate of drug-likeness (QED) is 0.839. The molecule has 1 aromatic heterocycles. The van der Waals surface area contributed by atoms with Gasteiger partial charge in [0.05, 0.1) is 5.75 Å². The third-order valence-corrected chi connectivity index (χ3v) is 6.58. The van der Waals surface area contributed by atoms with Crippen molar-refractivity contribution in [2.24, 2.45) is 0 Å². The fraction of sp³-hybridized carbons (Fsp3) is 0.800. The van der Waals surface area contributed by atoms with Gasteiger partial charge in [0.15, 0.2) is 0 Å². The second-order valence-corrected chi connectivity index (χ2v) is 8.46. The van der Waals surface area contributed by atoms with Crippen molar-refractivity contribution in [1.29, 1.82) is 0 Å². The summed E-state index contributed by atoms with van der Waals surface area (Å²) in [5.74, 6) is 2.03. The average molecular weight is 311 g/mol. The number of aromatic nitrogens is 2. The van der Waals surface area contributed by atoms with E-state index in [4.69, 9.17) is 0 Å². The first-order chi connectivity index (χ1) is 10.0. The Kier molecular flexibility index (Phi) is 4.10. The van der Waals surface area contributed by atoms with Crippen LogP contribution in [0.5, 0.6) is 0 Å². The van der Waals surface area contributed by atoms with Gasteiger partial charge in [0.2, 0.25) is 10.0 Å². The van der Waals surface area contributed by atoms with Crippen LogP contribution in [0.2, 0.25) is 0 Å². The number of sulfonamides is 1. The summed E-state index contributed by atoms with van der Waals surface area (Å²) in [5.41, 5.74) is 1.16. The first kappa shape index (κ1) is 15.0. The molecule has 2 fully saturated rings. The standard InChI is InChI=1S/C15H25N3O2S/c1-3-9-21(19,20)17-8-4-5-14(11-17)18-12(2)10-16-15(18)13-6-7-13/h10,13-14H,3-9,11H2,1-2H3/t14-/m0/s1. The van der Waals surface area contributed by atoms with E-state index in [-0.39, 0.29) is 11.8 Å². The summed E-state index contributed by atoms with van der Waals surface area (Å²) in [6, 6.07) is 0.253. The number of nitrogens with zero attached hydrogens (tertiary/aromatic N) is 3. The van der Waals surface area contributed by atoms with Gasteiger partial charge in [-0.15, -0.1) is 0 Å². The summed E-state index contributed by atoms with van der Waals surface area (Å²) >= 11 is 0. The van der Waals surface area contributed by atoms with Crippen molar-refractivity contribution in [3.8, 4) is 0 Å². The van der Waals surface area contributed by atoms with E-state index >= 15 is 0 Å². The number of aryl methyl sites for hydroxylation is 1. The average Bonchev–Trinajstić information content (AvgIpc) is 3.22. The second-order valence-electron chi connectivity index (χ2n) is 6.37. The van der Waals surface area contributed by atoms with Gasteiger partial charge < -0.3 is 4.57 Å². The van der Waals surface area contributed by atoms with Crippen LogP contribution in [0.3, 0.4) is 0 Å². The smallest absolute Gasteiger partial charge is 0.214 e. The predicted octanol–water partition coefficient (Wildman–Crippen LogP) is 2.45. The van der Waals surface area contributed by atoms with Crippen LogP contribution in [0, 0.1) is 6.92 Å². The zero-order valence-electron chi connectivity index (χ0n) is 13.0. The Morgan fingerprint density at radius 3 is 2.76 bits per heavy atom. The van der Waals surface area contributed by atoms with Gasteiger partial charge in [0.25, 0.3) is 0 Å². The van der Waals surface area contributed by atoms with E-state index in [2.05, 4.69) is 16.5 Å². The first-order valence-corrected chi connectivity index (χ1v) is 9.65. The van der Waals surface area contributed by atoms with E-state index in [1.807, 2.05) is 13.1 Å². The van der Waals surface area contributed by atoms with Crippen LogP contribution in [0.25, 0.3) is 0 Å². The van der Waals surface area contributed by atoms with E-state index in [1.165, 1.54) is 18.7 Å². The molecule has 1 atom stereocenters. The molecule has 2 heterocycles. The molecule has 21 heavy (non-hydrogen) atoms. The lowest BCUT2D eigenvalue weighted by Gasteiger charge is -2.34. The lowest BCUT2D eigenvalue weighted by atomic mass is 10.1. The highest BCUT2D eigenvalue weighted by atomic mass is 32.2. The van der Waals surface area contributed by atoms with Crippen molar-refractivity contribution < 1.29 is 8.42 Å². The molecular weight excluding hydrogens is 286 g/mol. The van der Waals surface area contributed by atoms with Crippen LogP contribution in [0.15, 0.2) is 6.20 Å². The van der Waals surface area contributed by atoms with Gasteiger partial charge in [0.1, 0.15) is 5.82 Å². The summed E-state index contributed by atoms with van der Waals surface area (Å²) < 4.78 is 28.6. The maximum absolute atomic E-state index is 12.3. The van der Waals surface area contributed by atoms with E-state index in [1.54, 1.807) is 4.31 Å². The molecule has 0 amide bonds. The number of piperidine rings is 1. The Hall–Kier alpha value is -0.880. The highest BCUT2D eigenvalue weighted by Crippen LogP contribution is 2.41. The molecule has 5 nitrogen and oxygen atoms in total. The lowest BCUT2D eigenvalue weighted by Crippen LogP contribution is -2.42. The zero-order chi connectivity index (χ0) is 15.0. The van der Waals surface area contributed by atoms with Gasteiger partial charge >= 0.3 is 0 Å². The summed E-state index contributed by atoms with van der Waals surface area (Å²) in [4.78, 5) is 4.57. The predicted molar refractivity (Wildman–Crippen MR) is 82.9 cm³/mol. The van der Waals surface area contributed by atoms with Crippen molar-refractivity contribution in [2.75, 3.05) is 18.8 Å². The maximum atomic E-state index is 12.3. The minimum absolute atomic E-state index is 0.253. The molecule has 2 aliphatic rings. The summed E-state index contributed by atoms with van der Waals surface area (Å²) in [6.07, 6.45) is 7.06. The molecule has 1 aliphatic heterocycles. The highest BCUT2D eigenvalue weighted by Gasteiger charge is 2.34. The first-order valence-electron chi connectivity index (χ1n) is 8.04. The molecule has 118 valence electrons. The number of hydrogen-bond donors (Lipinski definition) is 0. The maximum Gasteiger partial charge on any atom is 0.214 e. The zero-order valence-corrected chi connectivity index (χ0v) is 13.8. The Balaban J connectivity index is 1.82. The Morgan fingerprint density at radius 2 is 2.10 bits per heavy atom. The van der Waals surface area contributed by atoms with Crippen LogP contribution < -0.4 is 0 Å². The van der Waals surface area contributed by atoms with Gasteiger partial charge in [-0.25, -0.2) is 13.4 Å². The lowest BCUT2D eigenvalue weighted by molar-refractivity contribution is 0.261.